The molecule has 1 aliphatic heterocycles. The molecule has 0 bridgehead atoms. The molecule has 3 N–H and O–H groups in total. The Bertz CT molecular complexity index is 480. The molecular formula is C15H29N3O3S. The first-order chi connectivity index (χ1) is 10.5. The quantitative estimate of drug-likeness (QED) is 0.754. The zero-order valence-corrected chi connectivity index (χ0v) is 14.3. The predicted octanol–water partition coefficient (Wildman–Crippen LogP) is 0.824. The Kier molecular flexibility index (Phi) is 6.23. The van der Waals surface area contributed by atoms with Gasteiger partial charge in [0.1, 0.15) is 6.04 Å². The van der Waals surface area contributed by atoms with E-state index < -0.39 is 16.1 Å². The molecule has 3 atom stereocenters. The number of carbonyl (C=O) groups is 1. The van der Waals surface area contributed by atoms with Gasteiger partial charge in [0.2, 0.25) is 15.9 Å². The van der Waals surface area contributed by atoms with Gasteiger partial charge in [-0.3, -0.25) is 4.79 Å². The molecule has 6 nitrogen and oxygen atoms in total. The molecule has 2 fully saturated rings. The highest BCUT2D eigenvalue weighted by Crippen LogP contribution is 2.26. The largest absolute Gasteiger partial charge is 0.352 e. The zero-order chi connectivity index (χ0) is 16.2. The number of rotatable bonds is 6. The van der Waals surface area contributed by atoms with Gasteiger partial charge in [0.25, 0.3) is 0 Å². The van der Waals surface area contributed by atoms with Crippen molar-refractivity contribution in [3.8, 4) is 0 Å². The number of piperidine rings is 1. The zero-order valence-electron chi connectivity index (χ0n) is 13.5. The Hall–Kier alpha value is -0.660. The molecule has 1 heterocycles. The molecule has 0 aromatic carbocycles. The third kappa shape index (κ3) is 4.00. The Morgan fingerprint density at radius 2 is 2.00 bits per heavy atom. The lowest BCUT2D eigenvalue weighted by Gasteiger charge is -2.34. The molecule has 0 spiro atoms. The first kappa shape index (κ1) is 17.7. The fourth-order valence-corrected chi connectivity index (χ4v) is 5.41. The van der Waals surface area contributed by atoms with Crippen molar-refractivity contribution in [2.24, 2.45) is 11.7 Å². The maximum absolute atomic E-state index is 12.6. The number of hydrogen-bond donors (Lipinski definition) is 2. The average molecular weight is 331 g/mol. The molecule has 1 saturated heterocycles. The van der Waals surface area contributed by atoms with E-state index >= 15 is 0 Å². The van der Waals surface area contributed by atoms with Gasteiger partial charge in [-0.1, -0.05) is 19.8 Å². The highest BCUT2D eigenvalue weighted by atomic mass is 32.2. The molecule has 3 unspecified atom stereocenters. The molecular weight excluding hydrogens is 302 g/mol. The predicted molar refractivity (Wildman–Crippen MR) is 86.7 cm³/mol. The summed E-state index contributed by atoms with van der Waals surface area (Å²) >= 11 is 0. The molecule has 22 heavy (non-hydrogen) atoms. The fourth-order valence-electron chi connectivity index (χ4n) is 3.66. The number of nitrogens with two attached hydrogens (primary N) is 1. The summed E-state index contributed by atoms with van der Waals surface area (Å²) in [6, 6.07) is -0.431. The molecule has 1 aliphatic carbocycles. The summed E-state index contributed by atoms with van der Waals surface area (Å²) in [5.41, 5.74) is 5.76. The molecule has 2 rings (SSSR count). The monoisotopic (exact) mass is 331 g/mol. The van der Waals surface area contributed by atoms with Crippen molar-refractivity contribution in [1.29, 1.82) is 0 Å². The first-order valence-corrected chi connectivity index (χ1v) is 10.1. The maximum atomic E-state index is 12.6. The van der Waals surface area contributed by atoms with Gasteiger partial charge in [-0.25, -0.2) is 8.42 Å². The van der Waals surface area contributed by atoms with Crippen molar-refractivity contribution in [3.05, 3.63) is 0 Å². The van der Waals surface area contributed by atoms with E-state index in [1.807, 2.05) is 6.92 Å². The summed E-state index contributed by atoms with van der Waals surface area (Å²) in [6.45, 7) is 2.89. The minimum absolute atomic E-state index is 0.107. The van der Waals surface area contributed by atoms with E-state index in [9.17, 15) is 13.2 Å². The van der Waals surface area contributed by atoms with Crippen molar-refractivity contribution in [2.45, 2.75) is 64.0 Å². The Morgan fingerprint density at radius 3 is 2.68 bits per heavy atom. The van der Waals surface area contributed by atoms with Crippen LogP contribution in [0, 0.1) is 5.92 Å². The highest BCUT2D eigenvalue weighted by molar-refractivity contribution is 7.89. The number of amides is 1. The van der Waals surface area contributed by atoms with Gasteiger partial charge in [0.15, 0.2) is 0 Å². The van der Waals surface area contributed by atoms with Crippen molar-refractivity contribution in [1.82, 2.24) is 9.62 Å². The summed E-state index contributed by atoms with van der Waals surface area (Å²) in [7, 11) is -3.33. The van der Waals surface area contributed by atoms with E-state index in [1.54, 1.807) is 0 Å². The van der Waals surface area contributed by atoms with Crippen molar-refractivity contribution in [2.75, 3.05) is 18.8 Å². The van der Waals surface area contributed by atoms with Crippen LogP contribution in [0.25, 0.3) is 0 Å². The van der Waals surface area contributed by atoms with Crippen LogP contribution in [-0.4, -0.2) is 49.6 Å². The second-order valence-electron chi connectivity index (χ2n) is 6.48. The second-order valence-corrected chi connectivity index (χ2v) is 8.52. The van der Waals surface area contributed by atoms with Gasteiger partial charge in [0, 0.05) is 12.6 Å². The van der Waals surface area contributed by atoms with Crippen LogP contribution in [0.5, 0.6) is 0 Å². The molecule has 7 heteroatoms. The number of carbonyl (C=O) groups excluding carboxylic acids is 1. The molecule has 1 amide bonds. The highest BCUT2D eigenvalue weighted by Gasteiger charge is 2.38. The van der Waals surface area contributed by atoms with Crippen LogP contribution in [0.1, 0.15) is 51.9 Å². The molecule has 2 aliphatic rings. The van der Waals surface area contributed by atoms with Crippen LogP contribution in [-0.2, 0) is 14.8 Å². The summed E-state index contributed by atoms with van der Waals surface area (Å²) in [5.74, 6) is 0.309. The topological polar surface area (TPSA) is 92.5 Å². The van der Waals surface area contributed by atoms with Crippen LogP contribution in [0.2, 0.25) is 0 Å². The number of sulfonamides is 1. The fraction of sp³-hybridized carbons (Fsp3) is 0.933. The molecule has 1 saturated carbocycles. The van der Waals surface area contributed by atoms with Crippen LogP contribution in [0.4, 0.5) is 0 Å². The Morgan fingerprint density at radius 1 is 1.23 bits per heavy atom. The van der Waals surface area contributed by atoms with E-state index in [4.69, 9.17) is 5.73 Å². The maximum Gasteiger partial charge on any atom is 0.238 e. The molecule has 128 valence electrons. The van der Waals surface area contributed by atoms with Gasteiger partial charge in [-0.2, -0.15) is 4.31 Å². The van der Waals surface area contributed by atoms with E-state index in [-0.39, 0.29) is 17.7 Å². The number of hydrogen-bond acceptors (Lipinski definition) is 4. The smallest absolute Gasteiger partial charge is 0.238 e. The summed E-state index contributed by atoms with van der Waals surface area (Å²) in [6.07, 6.45) is 6.00. The van der Waals surface area contributed by atoms with E-state index in [0.717, 1.165) is 32.1 Å². The number of nitrogens with zero attached hydrogens (tertiary/aromatic N) is 1. The SMILES string of the molecule is CCCS(=O)(=O)N1CCCCC1C(=O)NC1CCCC1CN. The van der Waals surface area contributed by atoms with E-state index in [0.29, 0.717) is 31.8 Å². The molecule has 0 radical (unpaired) electrons. The summed E-state index contributed by atoms with van der Waals surface area (Å²) in [5, 5.41) is 3.07. The van der Waals surface area contributed by atoms with Gasteiger partial charge in [0.05, 0.1) is 5.75 Å². The van der Waals surface area contributed by atoms with Gasteiger partial charge in [-0.05, 0) is 44.6 Å². The van der Waals surface area contributed by atoms with Crippen LogP contribution >= 0.6 is 0 Å². The van der Waals surface area contributed by atoms with E-state index in [1.165, 1.54) is 4.31 Å². The van der Waals surface area contributed by atoms with Crippen LogP contribution < -0.4 is 11.1 Å². The van der Waals surface area contributed by atoms with Crippen LogP contribution in [0.3, 0.4) is 0 Å². The summed E-state index contributed by atoms with van der Waals surface area (Å²) < 4.78 is 26.2. The minimum atomic E-state index is -3.33. The van der Waals surface area contributed by atoms with Gasteiger partial charge < -0.3 is 11.1 Å². The third-order valence-corrected chi connectivity index (χ3v) is 6.94. The molecule has 0 aromatic rings. The average Bonchev–Trinajstić information content (AvgIpc) is 2.94. The normalized spacial score (nSPS) is 30.4. The van der Waals surface area contributed by atoms with Crippen LogP contribution in [0.15, 0.2) is 0 Å². The van der Waals surface area contributed by atoms with Crippen molar-refractivity contribution in [3.63, 3.8) is 0 Å². The Balaban J connectivity index is 2.05. The lowest BCUT2D eigenvalue weighted by Crippen LogP contribution is -2.54. The lowest BCUT2D eigenvalue weighted by atomic mass is 10.0. The van der Waals surface area contributed by atoms with Gasteiger partial charge >= 0.3 is 0 Å². The molecule has 0 aromatic heterocycles. The Labute approximate surface area is 133 Å². The standard InChI is InChI=1S/C15H29N3O3S/c1-2-10-22(20,21)18-9-4-3-8-14(18)15(19)17-13-7-5-6-12(13)11-16/h12-14H,2-11,16H2,1H3,(H,17,19). The lowest BCUT2D eigenvalue weighted by molar-refractivity contribution is -0.126. The third-order valence-electron chi connectivity index (χ3n) is 4.87. The van der Waals surface area contributed by atoms with Crippen molar-refractivity contribution >= 4 is 15.9 Å². The minimum Gasteiger partial charge on any atom is -0.352 e. The first-order valence-electron chi connectivity index (χ1n) is 8.49. The number of nitrogens with one attached hydrogen (secondary N) is 1. The van der Waals surface area contributed by atoms with E-state index in [2.05, 4.69) is 5.32 Å². The second kappa shape index (κ2) is 7.75. The van der Waals surface area contributed by atoms with Crippen molar-refractivity contribution < 1.29 is 13.2 Å². The van der Waals surface area contributed by atoms with Gasteiger partial charge in [-0.15, -0.1) is 0 Å². The summed E-state index contributed by atoms with van der Waals surface area (Å²) in [4.78, 5) is 12.6.